The second-order valence-electron chi connectivity index (χ2n) is 11.3. The Kier molecular flexibility index (Phi) is 20.2. The Morgan fingerprint density at radius 1 is 0.789 bits per heavy atom. The van der Waals surface area contributed by atoms with E-state index in [1.807, 2.05) is 0 Å². The van der Waals surface area contributed by atoms with Crippen LogP contribution in [0.25, 0.3) is 10.4 Å². The van der Waals surface area contributed by atoms with Gasteiger partial charge < -0.3 is 23.7 Å². The first-order valence-electron chi connectivity index (χ1n) is 15.3. The van der Waals surface area contributed by atoms with Crippen LogP contribution in [0.15, 0.2) is 5.11 Å². The highest BCUT2D eigenvalue weighted by Gasteiger charge is 2.40. The van der Waals surface area contributed by atoms with E-state index < -0.39 is 6.04 Å². The molecule has 0 amide bonds. The van der Waals surface area contributed by atoms with E-state index >= 15 is 0 Å². The van der Waals surface area contributed by atoms with Crippen LogP contribution in [-0.4, -0.2) is 65.2 Å². The van der Waals surface area contributed by atoms with Crippen LogP contribution in [0, 0.1) is 17.8 Å². The van der Waals surface area contributed by atoms with Gasteiger partial charge in [-0.1, -0.05) is 110 Å². The lowest BCUT2D eigenvalue weighted by Crippen LogP contribution is -2.49. The molecule has 8 heteroatoms. The number of ether oxygens (including phenoxy) is 5. The van der Waals surface area contributed by atoms with Crippen molar-refractivity contribution >= 4 is 0 Å². The first kappa shape index (κ1) is 35.1. The van der Waals surface area contributed by atoms with Gasteiger partial charge in [0.25, 0.3) is 0 Å². The lowest BCUT2D eigenvalue weighted by atomic mass is 9.79. The number of methoxy groups -OCH3 is 3. The maximum Gasteiger partial charge on any atom is 0.160 e. The summed E-state index contributed by atoms with van der Waals surface area (Å²) < 4.78 is 29.4. The molecule has 0 radical (unpaired) electrons. The molecule has 0 aromatic carbocycles. The van der Waals surface area contributed by atoms with Crippen molar-refractivity contribution in [3.05, 3.63) is 10.4 Å². The molecule has 0 aliphatic carbocycles. The summed E-state index contributed by atoms with van der Waals surface area (Å²) in [5.41, 5.74) is 9.26. The topological polar surface area (TPSA) is 94.9 Å². The zero-order valence-electron chi connectivity index (χ0n) is 25.6. The average Bonchev–Trinajstić information content (AvgIpc) is 2.92. The first-order chi connectivity index (χ1) is 18.4. The Hall–Kier alpha value is -0.890. The maximum absolute atomic E-state index is 9.26. The molecule has 1 rings (SSSR count). The maximum atomic E-state index is 9.26. The summed E-state index contributed by atoms with van der Waals surface area (Å²) >= 11 is 0. The summed E-state index contributed by atoms with van der Waals surface area (Å²) in [5.74, 6) is 1.01. The Bertz CT molecular complexity index is 619. The van der Waals surface area contributed by atoms with Crippen LogP contribution in [0.3, 0.4) is 0 Å². The van der Waals surface area contributed by atoms with Gasteiger partial charge in [0.1, 0.15) is 0 Å². The van der Waals surface area contributed by atoms with Crippen LogP contribution in [0.4, 0.5) is 0 Å². The first-order valence-corrected chi connectivity index (χ1v) is 15.3. The quantitative estimate of drug-likeness (QED) is 0.0564. The van der Waals surface area contributed by atoms with Gasteiger partial charge >= 0.3 is 0 Å². The summed E-state index contributed by atoms with van der Waals surface area (Å²) in [6.07, 6.45) is 15.7. The molecule has 1 aliphatic rings. The molecule has 2 unspecified atom stereocenters. The summed E-state index contributed by atoms with van der Waals surface area (Å²) in [7, 11) is 5.05. The number of nitrogens with zero attached hydrogens (tertiary/aromatic N) is 3. The average molecular weight is 542 g/mol. The summed E-state index contributed by atoms with van der Waals surface area (Å²) in [5, 5.41) is 4.04. The summed E-state index contributed by atoms with van der Waals surface area (Å²) in [4.78, 5) is 3.09. The SMILES string of the molecule is CCCCCCCCCCCCCC[C@@H](OC)[C@@H](OC)[C@H](CO[C@H]1OC(COC)[C@H](C)[C@H](C)C1C)N=[N+]=[N-]. The zero-order valence-corrected chi connectivity index (χ0v) is 25.6. The number of hydrogen-bond donors (Lipinski definition) is 0. The third-order valence-corrected chi connectivity index (χ3v) is 8.61. The van der Waals surface area contributed by atoms with Gasteiger partial charge in [-0.05, 0) is 23.8 Å². The number of rotatable bonds is 23. The molecule has 1 fully saturated rings. The smallest absolute Gasteiger partial charge is 0.160 e. The molecule has 0 bridgehead atoms. The third kappa shape index (κ3) is 13.0. The van der Waals surface area contributed by atoms with E-state index in [0.29, 0.717) is 18.4 Å². The van der Waals surface area contributed by atoms with Gasteiger partial charge in [0.2, 0.25) is 0 Å². The Labute approximate surface area is 233 Å². The molecule has 38 heavy (non-hydrogen) atoms. The number of azide groups is 1. The van der Waals surface area contributed by atoms with E-state index in [9.17, 15) is 5.53 Å². The van der Waals surface area contributed by atoms with Gasteiger partial charge in [-0.25, -0.2) is 0 Å². The molecule has 1 heterocycles. The van der Waals surface area contributed by atoms with Gasteiger partial charge in [-0.2, -0.15) is 0 Å². The third-order valence-electron chi connectivity index (χ3n) is 8.61. The van der Waals surface area contributed by atoms with Crippen molar-refractivity contribution in [1.29, 1.82) is 0 Å². The second-order valence-corrected chi connectivity index (χ2v) is 11.3. The summed E-state index contributed by atoms with van der Waals surface area (Å²) in [6.45, 7) is 9.60. The molecule has 0 spiro atoms. The number of unbranched alkanes of at least 4 members (excludes halogenated alkanes) is 11. The van der Waals surface area contributed by atoms with Gasteiger partial charge in [0.15, 0.2) is 6.29 Å². The monoisotopic (exact) mass is 541 g/mol. The van der Waals surface area contributed by atoms with Crippen molar-refractivity contribution in [2.45, 2.75) is 142 Å². The van der Waals surface area contributed by atoms with Crippen LogP contribution in [0.5, 0.6) is 0 Å². The molecule has 0 N–H and O–H groups in total. The van der Waals surface area contributed by atoms with E-state index in [2.05, 4.69) is 37.7 Å². The van der Waals surface area contributed by atoms with E-state index in [1.54, 1.807) is 21.3 Å². The minimum Gasteiger partial charge on any atom is -0.382 e. The molecular weight excluding hydrogens is 482 g/mol. The van der Waals surface area contributed by atoms with E-state index in [1.165, 1.54) is 70.6 Å². The zero-order chi connectivity index (χ0) is 28.2. The largest absolute Gasteiger partial charge is 0.382 e. The van der Waals surface area contributed by atoms with Crippen LogP contribution in [0.1, 0.15) is 111 Å². The normalized spacial score (nSPS) is 26.0. The van der Waals surface area contributed by atoms with Crippen molar-refractivity contribution in [1.82, 2.24) is 0 Å². The van der Waals surface area contributed by atoms with Gasteiger partial charge in [0.05, 0.1) is 37.6 Å². The van der Waals surface area contributed by atoms with Crippen molar-refractivity contribution in [2.75, 3.05) is 34.5 Å². The highest BCUT2D eigenvalue weighted by atomic mass is 16.7. The molecule has 224 valence electrons. The molecule has 1 saturated heterocycles. The predicted octanol–water partition coefficient (Wildman–Crippen LogP) is 8.08. The predicted molar refractivity (Wildman–Crippen MR) is 154 cm³/mol. The summed E-state index contributed by atoms with van der Waals surface area (Å²) in [6, 6.07) is -0.501. The Morgan fingerprint density at radius 2 is 1.37 bits per heavy atom. The minimum absolute atomic E-state index is 0.0233. The van der Waals surface area contributed by atoms with Crippen molar-refractivity contribution in [3.63, 3.8) is 0 Å². The fourth-order valence-electron chi connectivity index (χ4n) is 5.64. The van der Waals surface area contributed by atoms with E-state index in [4.69, 9.17) is 23.7 Å². The van der Waals surface area contributed by atoms with Crippen molar-refractivity contribution in [2.24, 2.45) is 22.9 Å². The lowest BCUT2D eigenvalue weighted by molar-refractivity contribution is -0.258. The fraction of sp³-hybridized carbons (Fsp3) is 1.00. The van der Waals surface area contributed by atoms with Crippen LogP contribution >= 0.6 is 0 Å². The lowest BCUT2D eigenvalue weighted by Gasteiger charge is -2.43. The van der Waals surface area contributed by atoms with Gasteiger partial charge in [-0.3, -0.25) is 0 Å². The molecule has 8 nitrogen and oxygen atoms in total. The van der Waals surface area contributed by atoms with Crippen LogP contribution in [0.2, 0.25) is 0 Å². The fourth-order valence-corrected chi connectivity index (χ4v) is 5.64. The Balaban J connectivity index is 2.47. The van der Waals surface area contributed by atoms with Crippen LogP contribution < -0.4 is 0 Å². The molecule has 0 aromatic rings. The van der Waals surface area contributed by atoms with Gasteiger partial charge in [0, 0.05) is 32.2 Å². The Morgan fingerprint density at radius 3 is 1.87 bits per heavy atom. The van der Waals surface area contributed by atoms with E-state index in [-0.39, 0.29) is 37.1 Å². The minimum atomic E-state index is -0.501. The highest BCUT2D eigenvalue weighted by molar-refractivity contribution is 4.86. The van der Waals surface area contributed by atoms with Crippen molar-refractivity contribution in [3.8, 4) is 0 Å². The second kappa shape index (κ2) is 21.9. The number of hydrogen-bond acceptors (Lipinski definition) is 6. The van der Waals surface area contributed by atoms with Crippen molar-refractivity contribution < 1.29 is 23.7 Å². The van der Waals surface area contributed by atoms with E-state index in [0.717, 1.165) is 12.8 Å². The molecular formula is C30H59N3O5. The van der Waals surface area contributed by atoms with Crippen LogP contribution in [-0.2, 0) is 23.7 Å². The molecule has 0 aromatic heterocycles. The highest BCUT2D eigenvalue weighted by Crippen LogP contribution is 2.36. The molecule has 0 saturated carbocycles. The standard InChI is InChI=1S/C30H59N3O5/c1-8-9-10-11-12-13-14-15-16-17-18-19-20-27(35-6)29(36-7)26(32-33-31)21-37-30-25(4)23(2)24(3)28(38-30)22-34-5/h23-30H,8-22H2,1-7H3/t23-,24+,25?,26-,27+,28?,29-,30-/m0/s1. The van der Waals surface area contributed by atoms with Gasteiger partial charge in [-0.15, -0.1) is 0 Å². The molecule has 8 atom stereocenters. The molecule has 1 aliphatic heterocycles.